The largest absolute Gasteiger partial charge is 0.371 e. The molecule has 10 heteroatoms. The number of carbonyl (C=O) groups excluding carboxylic acids is 1. The van der Waals surface area contributed by atoms with Crippen molar-refractivity contribution in [3.8, 4) is 0 Å². The summed E-state index contributed by atoms with van der Waals surface area (Å²) in [5.74, 6) is -0.506. The molecule has 0 aliphatic carbocycles. The molecule has 0 spiro atoms. The molecule has 172 valence electrons. The molecule has 32 heavy (non-hydrogen) atoms. The van der Waals surface area contributed by atoms with Crippen LogP contribution in [0.2, 0.25) is 0 Å². The van der Waals surface area contributed by atoms with Gasteiger partial charge in [0.05, 0.1) is 21.9 Å². The van der Waals surface area contributed by atoms with Crippen molar-refractivity contribution in [1.29, 1.82) is 0 Å². The minimum absolute atomic E-state index is 0.120. The minimum Gasteiger partial charge on any atom is -0.371 e. The fourth-order valence-electron chi connectivity index (χ4n) is 3.70. The number of hydrogen-bond acceptors (Lipinski definition) is 6. The molecule has 2 aromatic carbocycles. The van der Waals surface area contributed by atoms with E-state index in [1.54, 1.807) is 44.2 Å². The fourth-order valence-corrected chi connectivity index (χ4v) is 5.14. The highest BCUT2D eigenvalue weighted by Crippen LogP contribution is 2.28. The summed E-state index contributed by atoms with van der Waals surface area (Å²) in [5, 5.41) is 14.0. The van der Waals surface area contributed by atoms with Crippen LogP contribution in [0.3, 0.4) is 0 Å². The van der Waals surface area contributed by atoms with Crippen molar-refractivity contribution in [2.24, 2.45) is 0 Å². The number of amides is 1. The Morgan fingerprint density at radius 3 is 2.31 bits per heavy atom. The van der Waals surface area contributed by atoms with Gasteiger partial charge in [-0.1, -0.05) is 24.3 Å². The second-order valence-corrected chi connectivity index (χ2v) is 9.94. The molecule has 1 amide bonds. The van der Waals surface area contributed by atoms with Gasteiger partial charge in [0.1, 0.15) is 0 Å². The minimum atomic E-state index is -3.41. The van der Waals surface area contributed by atoms with Crippen LogP contribution in [-0.4, -0.2) is 38.4 Å². The van der Waals surface area contributed by atoms with E-state index in [0.29, 0.717) is 11.3 Å². The first-order valence-electron chi connectivity index (χ1n) is 10.5. The van der Waals surface area contributed by atoms with Crippen molar-refractivity contribution >= 4 is 27.3 Å². The van der Waals surface area contributed by atoms with E-state index in [9.17, 15) is 23.3 Å². The SMILES string of the molecule is CC(C)NS(=O)(=O)Cc1ccc(CNC(=O)c2cc([N+](=O)[O-])ccc2N2CCCC2)cc1. The van der Waals surface area contributed by atoms with Gasteiger partial charge < -0.3 is 10.2 Å². The van der Waals surface area contributed by atoms with Crippen LogP contribution in [0.1, 0.15) is 48.2 Å². The maximum atomic E-state index is 12.9. The number of benzene rings is 2. The van der Waals surface area contributed by atoms with Crippen molar-refractivity contribution in [2.75, 3.05) is 18.0 Å². The van der Waals surface area contributed by atoms with Crippen molar-refractivity contribution in [3.63, 3.8) is 0 Å². The Balaban J connectivity index is 1.69. The van der Waals surface area contributed by atoms with Crippen LogP contribution in [0.5, 0.6) is 0 Å². The number of nitro groups is 1. The van der Waals surface area contributed by atoms with E-state index in [4.69, 9.17) is 0 Å². The summed E-state index contributed by atoms with van der Waals surface area (Å²) in [7, 11) is -3.41. The number of nitrogens with zero attached hydrogens (tertiary/aromatic N) is 2. The first-order valence-corrected chi connectivity index (χ1v) is 12.2. The topological polar surface area (TPSA) is 122 Å². The number of nitro benzene ring substituents is 1. The molecule has 1 saturated heterocycles. The third kappa shape index (κ3) is 6.27. The second-order valence-electron chi connectivity index (χ2n) is 8.18. The van der Waals surface area contributed by atoms with Gasteiger partial charge in [0.2, 0.25) is 10.0 Å². The molecule has 0 bridgehead atoms. The lowest BCUT2D eigenvalue weighted by Gasteiger charge is -2.21. The summed E-state index contributed by atoms with van der Waals surface area (Å²) in [6.07, 6.45) is 2.04. The molecule has 1 aliphatic heterocycles. The van der Waals surface area contributed by atoms with E-state index in [2.05, 4.69) is 14.9 Å². The molecule has 0 unspecified atom stereocenters. The van der Waals surface area contributed by atoms with Gasteiger partial charge in [-0.3, -0.25) is 14.9 Å². The van der Waals surface area contributed by atoms with Crippen LogP contribution in [0, 0.1) is 10.1 Å². The number of anilines is 1. The standard InChI is InChI=1S/C22H28N4O5S/c1-16(2)24-32(30,31)15-18-7-5-17(6-8-18)14-23-22(27)20-13-19(26(28)29)9-10-21(20)25-11-3-4-12-25/h5-10,13,16,24H,3-4,11-12,14-15H2,1-2H3,(H,23,27). The van der Waals surface area contributed by atoms with E-state index in [-0.39, 0.29) is 35.5 Å². The molecular weight excluding hydrogens is 432 g/mol. The van der Waals surface area contributed by atoms with Gasteiger partial charge in [-0.25, -0.2) is 13.1 Å². The zero-order valence-corrected chi connectivity index (χ0v) is 19.0. The normalized spacial score (nSPS) is 14.0. The van der Waals surface area contributed by atoms with Gasteiger partial charge >= 0.3 is 0 Å². The molecule has 2 aromatic rings. The average molecular weight is 461 g/mol. The van der Waals surface area contributed by atoms with Gasteiger partial charge in [0.25, 0.3) is 11.6 Å². The number of nitrogens with one attached hydrogen (secondary N) is 2. The quantitative estimate of drug-likeness (QED) is 0.438. The molecule has 9 nitrogen and oxygen atoms in total. The van der Waals surface area contributed by atoms with Crippen LogP contribution in [-0.2, 0) is 22.3 Å². The molecule has 2 N–H and O–H groups in total. The summed E-state index contributed by atoms with van der Waals surface area (Å²) in [4.78, 5) is 25.6. The third-order valence-electron chi connectivity index (χ3n) is 5.13. The first-order chi connectivity index (χ1) is 15.1. The lowest BCUT2D eigenvalue weighted by molar-refractivity contribution is -0.384. The zero-order chi connectivity index (χ0) is 23.3. The summed E-state index contributed by atoms with van der Waals surface area (Å²) in [5.41, 5.74) is 2.29. The Bertz CT molecular complexity index is 1080. The molecule has 1 fully saturated rings. The lowest BCUT2D eigenvalue weighted by atomic mass is 10.1. The second kappa shape index (κ2) is 10.1. The number of rotatable bonds is 9. The monoisotopic (exact) mass is 460 g/mol. The van der Waals surface area contributed by atoms with Gasteiger partial charge in [-0.2, -0.15) is 0 Å². The maximum Gasteiger partial charge on any atom is 0.270 e. The van der Waals surface area contributed by atoms with Gasteiger partial charge in [0, 0.05) is 37.8 Å². The Hall–Kier alpha value is -2.98. The van der Waals surface area contributed by atoms with E-state index >= 15 is 0 Å². The molecule has 0 saturated carbocycles. The van der Waals surface area contributed by atoms with Crippen LogP contribution in [0.4, 0.5) is 11.4 Å². The highest BCUT2D eigenvalue weighted by atomic mass is 32.2. The molecular formula is C22H28N4O5S. The molecule has 1 aliphatic rings. The van der Waals surface area contributed by atoms with Crippen molar-refractivity contribution in [1.82, 2.24) is 10.0 Å². The van der Waals surface area contributed by atoms with E-state index in [1.165, 1.54) is 12.1 Å². The third-order valence-corrected chi connectivity index (χ3v) is 6.67. The highest BCUT2D eigenvalue weighted by molar-refractivity contribution is 7.88. The number of hydrogen-bond donors (Lipinski definition) is 2. The van der Waals surface area contributed by atoms with Crippen molar-refractivity contribution in [3.05, 3.63) is 69.3 Å². The Morgan fingerprint density at radius 1 is 1.09 bits per heavy atom. The zero-order valence-electron chi connectivity index (χ0n) is 18.2. The van der Waals surface area contributed by atoms with Crippen LogP contribution in [0.25, 0.3) is 0 Å². The van der Waals surface area contributed by atoms with Crippen LogP contribution < -0.4 is 14.9 Å². The molecule has 0 aromatic heterocycles. The molecule has 1 heterocycles. The summed E-state index contributed by atoms with van der Waals surface area (Å²) in [6.45, 7) is 5.38. The van der Waals surface area contributed by atoms with Gasteiger partial charge in [-0.15, -0.1) is 0 Å². The summed E-state index contributed by atoms with van der Waals surface area (Å²) < 4.78 is 26.7. The summed E-state index contributed by atoms with van der Waals surface area (Å²) in [6, 6.07) is 11.1. The fraction of sp³-hybridized carbons (Fsp3) is 0.409. The van der Waals surface area contributed by atoms with Crippen molar-refractivity contribution < 1.29 is 18.1 Å². The Kier molecular flexibility index (Phi) is 7.47. The molecule has 0 radical (unpaired) electrons. The van der Waals surface area contributed by atoms with Crippen LogP contribution >= 0.6 is 0 Å². The predicted molar refractivity (Wildman–Crippen MR) is 123 cm³/mol. The number of non-ortho nitro benzene ring substituents is 1. The Morgan fingerprint density at radius 2 is 1.72 bits per heavy atom. The van der Waals surface area contributed by atoms with E-state index in [0.717, 1.165) is 31.5 Å². The lowest BCUT2D eigenvalue weighted by Crippen LogP contribution is -2.31. The highest BCUT2D eigenvalue weighted by Gasteiger charge is 2.22. The Labute approximate surface area is 188 Å². The first kappa shape index (κ1) is 23.7. The van der Waals surface area contributed by atoms with Gasteiger partial charge in [-0.05, 0) is 43.9 Å². The van der Waals surface area contributed by atoms with Crippen LogP contribution in [0.15, 0.2) is 42.5 Å². The predicted octanol–water partition coefficient (Wildman–Crippen LogP) is 2.95. The van der Waals surface area contributed by atoms with E-state index < -0.39 is 14.9 Å². The van der Waals surface area contributed by atoms with Crippen molar-refractivity contribution in [2.45, 2.75) is 45.0 Å². The molecule has 3 rings (SSSR count). The summed E-state index contributed by atoms with van der Waals surface area (Å²) >= 11 is 0. The average Bonchev–Trinajstić information content (AvgIpc) is 3.26. The van der Waals surface area contributed by atoms with E-state index in [1.807, 2.05) is 0 Å². The van der Waals surface area contributed by atoms with Gasteiger partial charge in [0.15, 0.2) is 0 Å². The smallest absolute Gasteiger partial charge is 0.270 e. The number of sulfonamides is 1. The molecule has 0 atom stereocenters. The number of carbonyl (C=O) groups is 1. The maximum absolute atomic E-state index is 12.9.